The average molecular weight is 308 g/mol. The average Bonchev–Trinajstić information content (AvgIpc) is 3.07. The van der Waals surface area contributed by atoms with Gasteiger partial charge in [0.05, 0.1) is 5.69 Å². The summed E-state index contributed by atoms with van der Waals surface area (Å²) in [5.41, 5.74) is -0.0772. The lowest BCUT2D eigenvalue weighted by Gasteiger charge is -2.31. The van der Waals surface area contributed by atoms with Crippen molar-refractivity contribution in [3.63, 3.8) is 0 Å². The zero-order valence-electron chi connectivity index (χ0n) is 12.2. The number of carbonyl (C=O) groups excluding carboxylic acids is 1. The molecule has 1 aromatic carbocycles. The third kappa shape index (κ3) is 2.13. The highest BCUT2D eigenvalue weighted by atomic mass is 16.5. The summed E-state index contributed by atoms with van der Waals surface area (Å²) < 4.78 is 11.1. The second-order valence-electron chi connectivity index (χ2n) is 5.25. The Labute approximate surface area is 131 Å². The summed E-state index contributed by atoms with van der Waals surface area (Å²) in [6, 6.07) is 10.8. The lowest BCUT2D eigenvalue weighted by atomic mass is 10.0. The zero-order chi connectivity index (χ0) is 15.9. The molecular weight excluding hydrogens is 296 g/mol. The molecule has 0 radical (unpaired) electrons. The fourth-order valence-electron chi connectivity index (χ4n) is 2.34. The maximum atomic E-state index is 12.4. The van der Waals surface area contributed by atoms with Crippen molar-refractivity contribution in [1.29, 1.82) is 0 Å². The Balaban J connectivity index is 1.73. The van der Waals surface area contributed by atoms with Gasteiger partial charge in [0.1, 0.15) is 5.75 Å². The predicted octanol–water partition coefficient (Wildman–Crippen LogP) is 2.38. The van der Waals surface area contributed by atoms with Crippen LogP contribution in [0.3, 0.4) is 0 Å². The van der Waals surface area contributed by atoms with Gasteiger partial charge in [0.25, 0.3) is 17.4 Å². The Bertz CT molecular complexity index is 878. The van der Waals surface area contributed by atoms with E-state index in [1.165, 1.54) is 0 Å². The van der Waals surface area contributed by atoms with Crippen LogP contribution in [0.15, 0.2) is 53.3 Å². The predicted molar refractivity (Wildman–Crippen MR) is 80.6 cm³/mol. The van der Waals surface area contributed by atoms with Gasteiger partial charge in [-0.25, -0.2) is 0 Å². The molecule has 0 unspecified atom stereocenters. The molecule has 1 aliphatic heterocycles. The van der Waals surface area contributed by atoms with Gasteiger partial charge in [-0.15, -0.1) is 0 Å². The molecule has 0 fully saturated rings. The maximum absolute atomic E-state index is 12.4. The van der Waals surface area contributed by atoms with Crippen LogP contribution in [0.2, 0.25) is 0 Å². The van der Waals surface area contributed by atoms with E-state index >= 15 is 0 Å². The molecule has 7 heteroatoms. The Kier molecular flexibility index (Phi) is 2.87. The van der Waals surface area contributed by atoms with Crippen molar-refractivity contribution in [2.45, 2.75) is 12.5 Å². The van der Waals surface area contributed by atoms with Gasteiger partial charge in [-0.05, 0) is 31.2 Å². The van der Waals surface area contributed by atoms with Gasteiger partial charge in [0.2, 0.25) is 5.82 Å². The molecule has 3 aromatic rings. The van der Waals surface area contributed by atoms with E-state index in [0.29, 0.717) is 22.8 Å². The van der Waals surface area contributed by atoms with Gasteiger partial charge in [-0.1, -0.05) is 17.3 Å². The number of para-hydroxylation sites is 2. The van der Waals surface area contributed by atoms with E-state index in [2.05, 4.69) is 20.4 Å². The van der Waals surface area contributed by atoms with Crippen LogP contribution in [0.5, 0.6) is 5.75 Å². The van der Waals surface area contributed by atoms with E-state index in [0.717, 1.165) is 0 Å². The first kappa shape index (κ1) is 13.4. The van der Waals surface area contributed by atoms with Crippen LogP contribution in [0.1, 0.15) is 12.8 Å². The third-order valence-corrected chi connectivity index (χ3v) is 3.64. The highest BCUT2D eigenvalue weighted by Gasteiger charge is 2.47. The Hall–Kier alpha value is -3.22. The van der Waals surface area contributed by atoms with Gasteiger partial charge in [0, 0.05) is 18.0 Å². The van der Waals surface area contributed by atoms with Crippen molar-refractivity contribution < 1.29 is 14.1 Å². The van der Waals surface area contributed by atoms with Crippen molar-refractivity contribution in [2.24, 2.45) is 0 Å². The molecular formula is C16H12N4O3. The van der Waals surface area contributed by atoms with Crippen LogP contribution in [0, 0.1) is 0 Å². The molecule has 3 heterocycles. The molecule has 1 N–H and O–H groups in total. The van der Waals surface area contributed by atoms with E-state index in [1.54, 1.807) is 43.6 Å². The van der Waals surface area contributed by atoms with E-state index in [9.17, 15) is 4.79 Å². The summed E-state index contributed by atoms with van der Waals surface area (Å²) in [5.74, 6) is 0.626. The first-order valence-corrected chi connectivity index (χ1v) is 7.01. The molecule has 7 nitrogen and oxygen atoms in total. The summed E-state index contributed by atoms with van der Waals surface area (Å²) in [4.78, 5) is 20.8. The van der Waals surface area contributed by atoms with Gasteiger partial charge >= 0.3 is 0 Å². The first-order valence-electron chi connectivity index (χ1n) is 7.01. The van der Waals surface area contributed by atoms with Crippen LogP contribution in [0.25, 0.3) is 11.4 Å². The molecule has 0 bridgehead atoms. The van der Waals surface area contributed by atoms with Crippen molar-refractivity contribution in [1.82, 2.24) is 15.1 Å². The standard InChI is InChI=1S/C16H12N4O3/c1-16(14(21)18-11-6-2-3-7-12(11)22-16)15-19-13(20-23-15)10-5-4-8-17-9-10/h2-9H,1H3,(H,18,21)/t16-/m1/s1. The number of anilines is 1. The number of nitrogens with zero attached hydrogens (tertiary/aromatic N) is 3. The van der Waals surface area contributed by atoms with Gasteiger partial charge in [-0.2, -0.15) is 4.98 Å². The number of pyridine rings is 1. The molecule has 23 heavy (non-hydrogen) atoms. The number of fused-ring (bicyclic) bond motifs is 1. The second-order valence-corrected chi connectivity index (χ2v) is 5.25. The summed E-state index contributed by atoms with van der Waals surface area (Å²) in [7, 11) is 0. The van der Waals surface area contributed by atoms with Crippen LogP contribution in [0.4, 0.5) is 5.69 Å². The maximum Gasteiger partial charge on any atom is 0.280 e. The highest BCUT2D eigenvalue weighted by Crippen LogP contribution is 2.38. The third-order valence-electron chi connectivity index (χ3n) is 3.64. The molecule has 114 valence electrons. The summed E-state index contributed by atoms with van der Waals surface area (Å²) in [5, 5.41) is 6.71. The van der Waals surface area contributed by atoms with E-state index in [4.69, 9.17) is 9.26 Å². The van der Waals surface area contributed by atoms with Crippen LogP contribution in [-0.2, 0) is 10.4 Å². The molecule has 0 saturated carbocycles. The first-order chi connectivity index (χ1) is 11.2. The van der Waals surface area contributed by atoms with Crippen LogP contribution >= 0.6 is 0 Å². The topological polar surface area (TPSA) is 90.1 Å². The van der Waals surface area contributed by atoms with Crippen LogP contribution < -0.4 is 10.1 Å². The van der Waals surface area contributed by atoms with Crippen molar-refractivity contribution in [3.05, 3.63) is 54.7 Å². The number of benzene rings is 1. The number of ether oxygens (including phenoxy) is 1. The lowest BCUT2D eigenvalue weighted by Crippen LogP contribution is -2.46. The molecule has 1 aliphatic rings. The number of aromatic nitrogens is 3. The number of hydrogen-bond donors (Lipinski definition) is 1. The number of amides is 1. The van der Waals surface area contributed by atoms with E-state index < -0.39 is 5.60 Å². The molecule has 2 aromatic heterocycles. The van der Waals surface area contributed by atoms with Gasteiger partial charge in [-0.3, -0.25) is 9.78 Å². The fourth-order valence-corrected chi connectivity index (χ4v) is 2.34. The monoisotopic (exact) mass is 308 g/mol. The normalized spacial score (nSPS) is 19.6. The minimum absolute atomic E-state index is 0.0864. The Morgan fingerprint density at radius 1 is 1.17 bits per heavy atom. The molecule has 0 saturated heterocycles. The summed E-state index contributed by atoms with van der Waals surface area (Å²) in [6.45, 7) is 1.60. The smallest absolute Gasteiger partial charge is 0.280 e. The number of hydrogen-bond acceptors (Lipinski definition) is 6. The number of rotatable bonds is 2. The molecule has 1 atom stereocenters. The zero-order valence-corrected chi connectivity index (χ0v) is 12.2. The lowest BCUT2D eigenvalue weighted by molar-refractivity contribution is -0.133. The van der Waals surface area contributed by atoms with Gasteiger partial charge in [0.15, 0.2) is 0 Å². The second kappa shape index (κ2) is 4.91. The largest absolute Gasteiger partial charge is 0.466 e. The summed E-state index contributed by atoms with van der Waals surface area (Å²) in [6.07, 6.45) is 3.27. The molecule has 4 rings (SSSR count). The van der Waals surface area contributed by atoms with Crippen LogP contribution in [-0.4, -0.2) is 21.0 Å². The molecule has 1 amide bonds. The minimum Gasteiger partial charge on any atom is -0.466 e. The number of nitrogens with one attached hydrogen (secondary N) is 1. The van der Waals surface area contributed by atoms with E-state index in [1.807, 2.05) is 12.1 Å². The van der Waals surface area contributed by atoms with Crippen molar-refractivity contribution in [3.8, 4) is 17.1 Å². The molecule has 0 aliphatic carbocycles. The van der Waals surface area contributed by atoms with Crippen molar-refractivity contribution in [2.75, 3.05) is 5.32 Å². The van der Waals surface area contributed by atoms with Gasteiger partial charge < -0.3 is 14.6 Å². The van der Waals surface area contributed by atoms with Crippen molar-refractivity contribution >= 4 is 11.6 Å². The Morgan fingerprint density at radius 2 is 2.04 bits per heavy atom. The Morgan fingerprint density at radius 3 is 2.87 bits per heavy atom. The highest BCUT2D eigenvalue weighted by molar-refractivity contribution is 6.00. The number of carbonyl (C=O) groups is 1. The quantitative estimate of drug-likeness (QED) is 0.781. The molecule has 0 spiro atoms. The minimum atomic E-state index is -1.39. The van der Waals surface area contributed by atoms with E-state index in [-0.39, 0.29) is 11.8 Å². The summed E-state index contributed by atoms with van der Waals surface area (Å²) >= 11 is 0. The fraction of sp³-hybridized carbons (Fsp3) is 0.125. The SMILES string of the molecule is C[C@@]1(c2nc(-c3cccnc3)no2)Oc2ccccc2NC1=O.